The molecule has 0 aliphatic heterocycles. The molecule has 2 rings (SSSR count). The van der Waals surface area contributed by atoms with Gasteiger partial charge in [-0.3, -0.25) is 4.79 Å². The van der Waals surface area contributed by atoms with E-state index in [9.17, 15) is 9.18 Å². The molecule has 3 nitrogen and oxygen atoms in total. The summed E-state index contributed by atoms with van der Waals surface area (Å²) in [5.74, 6) is -0.416. The summed E-state index contributed by atoms with van der Waals surface area (Å²) in [5.41, 5.74) is 0.0359. The van der Waals surface area contributed by atoms with Crippen LogP contribution in [0.15, 0.2) is 42.5 Å². The smallest absolute Gasteiger partial charge is 0.262 e. The van der Waals surface area contributed by atoms with Crippen molar-refractivity contribution in [3.05, 3.63) is 56.9 Å². The van der Waals surface area contributed by atoms with Crippen LogP contribution >= 0.6 is 34.2 Å². The van der Waals surface area contributed by atoms with Crippen LogP contribution in [0.5, 0.6) is 5.75 Å². The van der Waals surface area contributed by atoms with Crippen molar-refractivity contribution in [2.24, 2.45) is 0 Å². The van der Waals surface area contributed by atoms with E-state index in [1.54, 1.807) is 12.1 Å². The summed E-state index contributed by atoms with van der Waals surface area (Å²) in [6.07, 6.45) is 0. The number of hydrogen-bond donors (Lipinski definition) is 1. The predicted octanol–water partition coefficient (Wildman–Crippen LogP) is 4.10. The highest BCUT2D eigenvalue weighted by atomic mass is 127. The minimum absolute atomic E-state index is 0.0359. The van der Waals surface area contributed by atoms with Crippen LogP contribution in [0.3, 0.4) is 0 Å². The number of anilines is 1. The molecule has 1 N–H and O–H groups in total. The third-order valence-electron chi connectivity index (χ3n) is 2.37. The van der Waals surface area contributed by atoms with Crippen LogP contribution in [0.25, 0.3) is 0 Å². The van der Waals surface area contributed by atoms with Gasteiger partial charge >= 0.3 is 0 Å². The molecule has 0 saturated heterocycles. The van der Waals surface area contributed by atoms with E-state index in [0.29, 0.717) is 10.8 Å². The highest BCUT2D eigenvalue weighted by Gasteiger charge is 2.08. The first-order valence-corrected chi connectivity index (χ1v) is 7.13. The van der Waals surface area contributed by atoms with Crippen LogP contribution in [-0.2, 0) is 4.79 Å². The average Bonchev–Trinajstić information content (AvgIpc) is 2.41. The minimum Gasteiger partial charge on any atom is -0.484 e. The molecule has 104 valence electrons. The van der Waals surface area contributed by atoms with Gasteiger partial charge in [-0.1, -0.05) is 17.7 Å². The molecule has 0 fully saturated rings. The number of amides is 1. The monoisotopic (exact) mass is 405 g/mol. The average molecular weight is 406 g/mol. The summed E-state index contributed by atoms with van der Waals surface area (Å²) < 4.78 is 19.8. The number of carbonyl (C=O) groups is 1. The Balaban J connectivity index is 1.94. The zero-order valence-corrected chi connectivity index (χ0v) is 13.1. The lowest BCUT2D eigenvalue weighted by atomic mass is 10.3. The van der Waals surface area contributed by atoms with Crippen LogP contribution < -0.4 is 10.1 Å². The number of halogens is 3. The zero-order valence-electron chi connectivity index (χ0n) is 10.2. The van der Waals surface area contributed by atoms with Gasteiger partial charge in [-0.2, -0.15) is 0 Å². The van der Waals surface area contributed by atoms with Gasteiger partial charge in [0.1, 0.15) is 11.6 Å². The molecule has 0 bridgehead atoms. The Morgan fingerprint density at radius 1 is 1.30 bits per heavy atom. The van der Waals surface area contributed by atoms with Crippen LogP contribution in [0.4, 0.5) is 10.1 Å². The van der Waals surface area contributed by atoms with Crippen molar-refractivity contribution in [2.45, 2.75) is 0 Å². The predicted molar refractivity (Wildman–Crippen MR) is 84.7 cm³/mol. The molecule has 0 unspecified atom stereocenters. The largest absolute Gasteiger partial charge is 0.484 e. The van der Waals surface area contributed by atoms with Gasteiger partial charge in [-0.05, 0) is 59.0 Å². The van der Waals surface area contributed by atoms with Crippen molar-refractivity contribution in [1.82, 2.24) is 0 Å². The fraction of sp³-hybridized carbons (Fsp3) is 0.0714. The summed E-state index contributed by atoms with van der Waals surface area (Å²) in [7, 11) is 0. The molecule has 0 radical (unpaired) electrons. The van der Waals surface area contributed by atoms with E-state index < -0.39 is 11.7 Å². The highest BCUT2D eigenvalue weighted by Crippen LogP contribution is 2.19. The summed E-state index contributed by atoms with van der Waals surface area (Å²) in [5, 5.41) is 2.76. The van der Waals surface area contributed by atoms with E-state index in [2.05, 4.69) is 27.9 Å². The lowest BCUT2D eigenvalue weighted by molar-refractivity contribution is -0.118. The third kappa shape index (κ3) is 4.35. The SMILES string of the molecule is O=C(COc1cccc(I)c1)Nc1cc(Cl)ccc1F. The molecule has 0 aliphatic rings. The quantitative estimate of drug-likeness (QED) is 0.778. The zero-order chi connectivity index (χ0) is 14.5. The fourth-order valence-corrected chi connectivity index (χ4v) is 2.17. The van der Waals surface area contributed by atoms with Gasteiger partial charge in [0.15, 0.2) is 6.61 Å². The maximum atomic E-state index is 13.4. The fourth-order valence-electron chi connectivity index (χ4n) is 1.49. The second-order valence-electron chi connectivity index (χ2n) is 3.92. The van der Waals surface area contributed by atoms with E-state index in [0.717, 1.165) is 3.57 Å². The molecule has 0 saturated carbocycles. The van der Waals surface area contributed by atoms with Crippen molar-refractivity contribution in [3.8, 4) is 5.75 Å². The maximum Gasteiger partial charge on any atom is 0.262 e. The Labute approximate surface area is 134 Å². The lowest BCUT2D eigenvalue weighted by Gasteiger charge is -2.08. The van der Waals surface area contributed by atoms with Crippen molar-refractivity contribution in [2.75, 3.05) is 11.9 Å². The molecule has 0 aliphatic carbocycles. The van der Waals surface area contributed by atoms with E-state index >= 15 is 0 Å². The second kappa shape index (κ2) is 6.90. The Morgan fingerprint density at radius 2 is 2.10 bits per heavy atom. The van der Waals surface area contributed by atoms with Crippen LogP contribution in [0, 0.1) is 9.39 Å². The lowest BCUT2D eigenvalue weighted by Crippen LogP contribution is -2.20. The standard InChI is InChI=1S/C14H10ClFINO2/c15-9-4-5-12(16)13(6-9)18-14(19)8-20-11-3-1-2-10(17)7-11/h1-7H,8H2,(H,18,19). The van der Waals surface area contributed by atoms with Crippen molar-refractivity contribution in [1.29, 1.82) is 0 Å². The van der Waals surface area contributed by atoms with Gasteiger partial charge in [0, 0.05) is 8.59 Å². The molecule has 2 aromatic carbocycles. The molecule has 2 aromatic rings. The van der Waals surface area contributed by atoms with E-state index in [1.165, 1.54) is 18.2 Å². The Hall–Kier alpha value is -1.34. The third-order valence-corrected chi connectivity index (χ3v) is 3.27. The summed E-state index contributed by atoms with van der Waals surface area (Å²) in [4.78, 5) is 11.7. The maximum absolute atomic E-state index is 13.4. The van der Waals surface area contributed by atoms with Crippen LogP contribution in [0.1, 0.15) is 0 Å². The Bertz CT molecular complexity index is 636. The first-order valence-electron chi connectivity index (χ1n) is 5.68. The van der Waals surface area contributed by atoms with Gasteiger partial charge in [-0.15, -0.1) is 0 Å². The first-order chi connectivity index (χ1) is 9.54. The van der Waals surface area contributed by atoms with E-state index in [-0.39, 0.29) is 12.3 Å². The molecular weight excluding hydrogens is 396 g/mol. The van der Waals surface area contributed by atoms with Gasteiger partial charge in [-0.25, -0.2) is 4.39 Å². The first kappa shape index (κ1) is 15.1. The van der Waals surface area contributed by atoms with Crippen molar-refractivity contribution >= 4 is 45.8 Å². The highest BCUT2D eigenvalue weighted by molar-refractivity contribution is 14.1. The molecule has 6 heteroatoms. The Kier molecular flexibility index (Phi) is 5.19. The number of carbonyl (C=O) groups excluding carboxylic acids is 1. The molecular formula is C14H10ClFINO2. The van der Waals surface area contributed by atoms with E-state index in [4.69, 9.17) is 16.3 Å². The summed E-state index contributed by atoms with van der Waals surface area (Å²) in [6.45, 7) is -0.202. The van der Waals surface area contributed by atoms with Gasteiger partial charge in [0.05, 0.1) is 5.69 Å². The number of ether oxygens (including phenoxy) is 1. The molecule has 1 amide bonds. The topological polar surface area (TPSA) is 38.3 Å². The van der Waals surface area contributed by atoms with Crippen LogP contribution in [-0.4, -0.2) is 12.5 Å². The molecule has 0 atom stereocenters. The second-order valence-corrected chi connectivity index (χ2v) is 5.60. The number of nitrogens with one attached hydrogen (secondary N) is 1. The van der Waals surface area contributed by atoms with Crippen molar-refractivity contribution in [3.63, 3.8) is 0 Å². The van der Waals surface area contributed by atoms with Gasteiger partial charge in [0.2, 0.25) is 0 Å². The summed E-state index contributed by atoms with van der Waals surface area (Å²) in [6, 6.07) is 11.2. The molecule has 0 spiro atoms. The normalized spacial score (nSPS) is 10.2. The minimum atomic E-state index is -0.544. The Morgan fingerprint density at radius 3 is 2.85 bits per heavy atom. The van der Waals surface area contributed by atoms with Gasteiger partial charge in [0.25, 0.3) is 5.91 Å². The number of benzene rings is 2. The molecule has 0 heterocycles. The van der Waals surface area contributed by atoms with Crippen molar-refractivity contribution < 1.29 is 13.9 Å². The van der Waals surface area contributed by atoms with Crippen LogP contribution in [0.2, 0.25) is 5.02 Å². The number of hydrogen-bond acceptors (Lipinski definition) is 2. The van der Waals surface area contributed by atoms with E-state index in [1.807, 2.05) is 12.1 Å². The molecule has 20 heavy (non-hydrogen) atoms. The molecule has 0 aromatic heterocycles. The number of rotatable bonds is 4. The van der Waals surface area contributed by atoms with Gasteiger partial charge < -0.3 is 10.1 Å². The summed E-state index contributed by atoms with van der Waals surface area (Å²) >= 11 is 7.88.